The second kappa shape index (κ2) is 7.69. The lowest BCUT2D eigenvalue weighted by Crippen LogP contribution is -2.48. The van der Waals surface area contributed by atoms with Gasteiger partial charge in [0.2, 0.25) is 0 Å². The van der Waals surface area contributed by atoms with E-state index in [4.69, 9.17) is 0 Å². The van der Waals surface area contributed by atoms with Gasteiger partial charge in [-0.25, -0.2) is 0 Å². The van der Waals surface area contributed by atoms with E-state index >= 15 is 0 Å². The molecule has 1 heterocycles. The molecule has 1 fully saturated rings. The molecule has 0 aliphatic carbocycles. The molecule has 3 nitrogen and oxygen atoms in total. The van der Waals surface area contributed by atoms with Gasteiger partial charge in [0, 0.05) is 50.2 Å². The number of benzene rings is 1. The highest BCUT2D eigenvalue weighted by molar-refractivity contribution is 5.82. The van der Waals surface area contributed by atoms with Gasteiger partial charge in [-0.15, -0.1) is 0 Å². The molecule has 0 aromatic heterocycles. The van der Waals surface area contributed by atoms with Crippen LogP contribution < -0.4 is 4.90 Å². The van der Waals surface area contributed by atoms with Crippen molar-refractivity contribution in [3.8, 4) is 0 Å². The van der Waals surface area contributed by atoms with Crippen LogP contribution in [0.5, 0.6) is 0 Å². The quantitative estimate of drug-likeness (QED) is 0.816. The molecule has 1 saturated heterocycles. The zero-order valence-corrected chi connectivity index (χ0v) is 16.3. The third kappa shape index (κ3) is 4.83. The summed E-state index contributed by atoms with van der Waals surface area (Å²) in [6, 6.07) is 9.01. The minimum absolute atomic E-state index is 0.141. The molecule has 134 valence electrons. The Labute approximate surface area is 148 Å². The van der Waals surface area contributed by atoms with Crippen LogP contribution in [0.3, 0.4) is 0 Å². The fourth-order valence-corrected chi connectivity index (χ4v) is 3.41. The van der Waals surface area contributed by atoms with Crippen LogP contribution in [0.25, 0.3) is 0 Å². The summed E-state index contributed by atoms with van der Waals surface area (Å²) in [6.45, 7) is 17.9. The molecule has 1 unspecified atom stereocenters. The lowest BCUT2D eigenvalue weighted by molar-refractivity contribution is -0.125. The molecule has 1 aliphatic heterocycles. The summed E-state index contributed by atoms with van der Waals surface area (Å²) in [7, 11) is 0. The average molecular weight is 331 g/mol. The largest absolute Gasteiger partial charge is 0.369 e. The van der Waals surface area contributed by atoms with Crippen LogP contribution in [0.1, 0.15) is 47.1 Å². The molecule has 1 aliphatic rings. The van der Waals surface area contributed by atoms with Crippen molar-refractivity contribution in [2.75, 3.05) is 37.6 Å². The SMILES string of the molecule is CC(C)C(=O)C(C)CN1CCN(c2ccc(C(C)(C)C)cc2)CC1. The van der Waals surface area contributed by atoms with E-state index in [0.29, 0.717) is 5.78 Å². The van der Waals surface area contributed by atoms with Gasteiger partial charge in [-0.05, 0) is 23.1 Å². The number of nitrogens with zero attached hydrogens (tertiary/aromatic N) is 2. The number of carbonyl (C=O) groups excluding carboxylic acids is 1. The fourth-order valence-electron chi connectivity index (χ4n) is 3.41. The number of hydrogen-bond donors (Lipinski definition) is 0. The number of hydrogen-bond acceptors (Lipinski definition) is 3. The molecule has 0 bridgehead atoms. The third-order valence-corrected chi connectivity index (χ3v) is 5.06. The van der Waals surface area contributed by atoms with Gasteiger partial charge in [-0.2, -0.15) is 0 Å². The Kier molecular flexibility index (Phi) is 6.08. The number of rotatable bonds is 5. The van der Waals surface area contributed by atoms with Crippen LogP contribution in [-0.2, 0) is 10.2 Å². The molecular weight excluding hydrogens is 296 g/mol. The molecule has 1 atom stereocenters. The summed E-state index contributed by atoms with van der Waals surface area (Å²) in [5.74, 6) is 0.667. The highest BCUT2D eigenvalue weighted by atomic mass is 16.1. The van der Waals surface area contributed by atoms with Crippen molar-refractivity contribution >= 4 is 11.5 Å². The summed E-state index contributed by atoms with van der Waals surface area (Å²) >= 11 is 0. The molecule has 0 spiro atoms. The first-order valence-corrected chi connectivity index (χ1v) is 9.30. The van der Waals surface area contributed by atoms with Gasteiger partial charge in [0.1, 0.15) is 5.78 Å². The molecule has 0 N–H and O–H groups in total. The normalized spacial score (nSPS) is 18.0. The molecule has 2 rings (SSSR count). The van der Waals surface area contributed by atoms with E-state index in [1.54, 1.807) is 0 Å². The van der Waals surface area contributed by atoms with E-state index in [1.807, 2.05) is 13.8 Å². The van der Waals surface area contributed by atoms with Gasteiger partial charge in [-0.1, -0.05) is 53.7 Å². The van der Waals surface area contributed by atoms with Gasteiger partial charge in [0.15, 0.2) is 0 Å². The van der Waals surface area contributed by atoms with Crippen LogP contribution >= 0.6 is 0 Å². The van der Waals surface area contributed by atoms with Crippen LogP contribution in [0.15, 0.2) is 24.3 Å². The number of carbonyl (C=O) groups is 1. The molecule has 0 saturated carbocycles. The second-order valence-corrected chi connectivity index (χ2v) is 8.54. The predicted octanol–water partition coefficient (Wildman–Crippen LogP) is 3.97. The van der Waals surface area contributed by atoms with Crippen molar-refractivity contribution in [1.29, 1.82) is 0 Å². The summed E-state index contributed by atoms with van der Waals surface area (Å²) in [4.78, 5) is 17.0. The van der Waals surface area contributed by atoms with Crippen LogP contribution in [0.4, 0.5) is 5.69 Å². The third-order valence-electron chi connectivity index (χ3n) is 5.06. The first-order chi connectivity index (χ1) is 11.2. The lowest BCUT2D eigenvalue weighted by atomic mass is 9.87. The number of Topliss-reactive ketones (excluding diaryl/α,β-unsaturated/α-hetero) is 1. The minimum atomic E-state index is 0.141. The molecule has 0 radical (unpaired) electrons. The van der Waals surface area contributed by atoms with Crippen molar-refractivity contribution in [3.05, 3.63) is 29.8 Å². The van der Waals surface area contributed by atoms with Crippen molar-refractivity contribution in [2.45, 2.75) is 47.0 Å². The maximum absolute atomic E-state index is 12.1. The average Bonchev–Trinajstić information content (AvgIpc) is 2.54. The van der Waals surface area contributed by atoms with Crippen LogP contribution in [-0.4, -0.2) is 43.4 Å². The number of anilines is 1. The smallest absolute Gasteiger partial charge is 0.139 e. The van der Waals surface area contributed by atoms with E-state index < -0.39 is 0 Å². The lowest BCUT2D eigenvalue weighted by Gasteiger charge is -2.37. The maximum Gasteiger partial charge on any atom is 0.139 e. The van der Waals surface area contributed by atoms with Crippen LogP contribution in [0.2, 0.25) is 0 Å². The highest BCUT2D eigenvalue weighted by Crippen LogP contribution is 2.25. The van der Waals surface area contributed by atoms with Crippen molar-refractivity contribution in [3.63, 3.8) is 0 Å². The predicted molar refractivity (Wildman–Crippen MR) is 103 cm³/mol. The summed E-state index contributed by atoms with van der Waals surface area (Å²) < 4.78 is 0. The van der Waals surface area contributed by atoms with Crippen LogP contribution in [0, 0.1) is 11.8 Å². The molecule has 24 heavy (non-hydrogen) atoms. The van der Waals surface area contributed by atoms with Crippen molar-refractivity contribution in [2.24, 2.45) is 11.8 Å². The summed E-state index contributed by atoms with van der Waals surface area (Å²) in [5.41, 5.74) is 2.90. The zero-order valence-electron chi connectivity index (χ0n) is 16.3. The Morgan fingerprint density at radius 3 is 2.00 bits per heavy atom. The standard InChI is InChI=1S/C21H34N2O/c1-16(2)20(24)17(3)15-22-11-13-23(14-12-22)19-9-7-18(8-10-19)21(4,5)6/h7-10,16-17H,11-15H2,1-6H3. The Morgan fingerprint density at radius 1 is 1.00 bits per heavy atom. The molecular formula is C21H34N2O. The van der Waals surface area contributed by atoms with Crippen molar-refractivity contribution < 1.29 is 4.79 Å². The monoisotopic (exact) mass is 330 g/mol. The maximum atomic E-state index is 12.1. The molecule has 1 aromatic rings. The molecule has 0 amide bonds. The molecule has 3 heteroatoms. The topological polar surface area (TPSA) is 23.6 Å². The Hall–Kier alpha value is -1.35. The van der Waals surface area contributed by atoms with Gasteiger partial charge in [0.05, 0.1) is 0 Å². The Bertz CT molecular complexity index is 534. The van der Waals surface area contributed by atoms with Gasteiger partial charge < -0.3 is 4.90 Å². The number of ketones is 1. The first-order valence-electron chi connectivity index (χ1n) is 9.30. The first kappa shape index (κ1) is 19.0. The van der Waals surface area contributed by atoms with E-state index in [1.165, 1.54) is 11.3 Å². The Morgan fingerprint density at radius 2 is 1.54 bits per heavy atom. The zero-order chi connectivity index (χ0) is 17.9. The Balaban J connectivity index is 1.87. The van der Waals surface area contributed by atoms with Gasteiger partial charge >= 0.3 is 0 Å². The van der Waals surface area contributed by atoms with Crippen molar-refractivity contribution in [1.82, 2.24) is 4.90 Å². The van der Waals surface area contributed by atoms with E-state index in [9.17, 15) is 4.79 Å². The van der Waals surface area contributed by atoms with E-state index in [0.717, 1.165) is 32.7 Å². The van der Waals surface area contributed by atoms with Gasteiger partial charge in [0.25, 0.3) is 0 Å². The summed E-state index contributed by atoms with van der Waals surface area (Å²) in [6.07, 6.45) is 0. The van der Waals surface area contributed by atoms with E-state index in [2.05, 4.69) is 61.8 Å². The van der Waals surface area contributed by atoms with Gasteiger partial charge in [-0.3, -0.25) is 9.69 Å². The summed E-state index contributed by atoms with van der Waals surface area (Å²) in [5, 5.41) is 0. The number of piperazine rings is 1. The van der Waals surface area contributed by atoms with E-state index in [-0.39, 0.29) is 17.3 Å². The highest BCUT2D eigenvalue weighted by Gasteiger charge is 2.23. The molecule has 1 aromatic carbocycles. The minimum Gasteiger partial charge on any atom is -0.369 e. The fraction of sp³-hybridized carbons (Fsp3) is 0.667. The second-order valence-electron chi connectivity index (χ2n) is 8.54.